The van der Waals surface area contributed by atoms with Gasteiger partial charge < -0.3 is 9.67 Å². The first-order valence-corrected chi connectivity index (χ1v) is 8.10. The van der Waals surface area contributed by atoms with Gasteiger partial charge in [-0.2, -0.15) is 0 Å². The Hall–Kier alpha value is -1.77. The van der Waals surface area contributed by atoms with E-state index in [2.05, 4.69) is 13.0 Å². The van der Waals surface area contributed by atoms with Gasteiger partial charge in [-0.05, 0) is 37.3 Å². The fourth-order valence-corrected chi connectivity index (χ4v) is 3.43. The van der Waals surface area contributed by atoms with Crippen molar-refractivity contribution >= 4 is 10.9 Å². The van der Waals surface area contributed by atoms with E-state index in [1.54, 1.807) is 0 Å². The smallest absolute Gasteiger partial charge is 0.257 e. The van der Waals surface area contributed by atoms with Gasteiger partial charge >= 0.3 is 0 Å². The molecule has 2 aromatic rings. The number of aromatic nitrogens is 1. The highest BCUT2D eigenvalue weighted by atomic mass is 16.3. The van der Waals surface area contributed by atoms with E-state index in [9.17, 15) is 9.90 Å². The van der Waals surface area contributed by atoms with E-state index in [1.807, 2.05) is 16.7 Å². The molecule has 3 rings (SSSR count). The molecule has 0 atom stereocenters. The summed E-state index contributed by atoms with van der Waals surface area (Å²) >= 11 is 0. The van der Waals surface area contributed by atoms with E-state index in [4.69, 9.17) is 0 Å². The van der Waals surface area contributed by atoms with Gasteiger partial charge in [-0.15, -0.1) is 0 Å². The summed E-state index contributed by atoms with van der Waals surface area (Å²) in [4.78, 5) is 12.7. The average molecular weight is 285 g/mol. The van der Waals surface area contributed by atoms with E-state index >= 15 is 0 Å². The van der Waals surface area contributed by atoms with Crippen molar-refractivity contribution in [1.82, 2.24) is 4.57 Å². The Labute approximate surface area is 125 Å². The minimum Gasteiger partial charge on any atom is -0.507 e. The van der Waals surface area contributed by atoms with Crippen LogP contribution in [-0.2, 0) is 19.4 Å². The Morgan fingerprint density at radius 1 is 1.24 bits per heavy atom. The average Bonchev–Trinajstić information content (AvgIpc) is 2.51. The molecule has 0 fully saturated rings. The number of hydrogen-bond acceptors (Lipinski definition) is 2. The van der Waals surface area contributed by atoms with Crippen molar-refractivity contribution < 1.29 is 5.11 Å². The van der Waals surface area contributed by atoms with Crippen molar-refractivity contribution in [1.29, 1.82) is 0 Å². The number of unbranched alkanes of at least 4 members (excludes halogenated alkanes) is 3. The maximum Gasteiger partial charge on any atom is 0.257 e. The van der Waals surface area contributed by atoms with E-state index in [1.165, 1.54) is 18.4 Å². The van der Waals surface area contributed by atoms with Crippen LogP contribution in [0.1, 0.15) is 50.2 Å². The van der Waals surface area contributed by atoms with Gasteiger partial charge in [0.1, 0.15) is 5.75 Å². The summed E-state index contributed by atoms with van der Waals surface area (Å²) in [7, 11) is 0. The molecule has 2 heterocycles. The van der Waals surface area contributed by atoms with Gasteiger partial charge in [0.25, 0.3) is 5.56 Å². The molecule has 3 nitrogen and oxygen atoms in total. The number of rotatable bonds is 5. The van der Waals surface area contributed by atoms with Crippen LogP contribution in [0.15, 0.2) is 23.0 Å². The van der Waals surface area contributed by atoms with Gasteiger partial charge in [0.15, 0.2) is 0 Å². The molecule has 21 heavy (non-hydrogen) atoms. The van der Waals surface area contributed by atoms with E-state index in [0.29, 0.717) is 12.0 Å². The predicted octanol–water partition coefficient (Wildman–Crippen LogP) is 3.78. The zero-order chi connectivity index (χ0) is 14.8. The molecule has 0 unspecified atom stereocenters. The molecular weight excluding hydrogens is 262 g/mol. The SMILES string of the molecule is CCCCCCc1c(O)c2cccc3c2n(c1=O)CCC3. The molecule has 3 heteroatoms. The summed E-state index contributed by atoms with van der Waals surface area (Å²) < 4.78 is 1.88. The van der Waals surface area contributed by atoms with Gasteiger partial charge in [-0.1, -0.05) is 38.3 Å². The molecule has 1 aromatic carbocycles. The van der Waals surface area contributed by atoms with Crippen molar-refractivity contribution in [2.24, 2.45) is 0 Å². The minimum absolute atomic E-state index is 0.0173. The first kappa shape index (κ1) is 14.2. The van der Waals surface area contributed by atoms with Gasteiger partial charge in [0, 0.05) is 11.9 Å². The quantitative estimate of drug-likeness (QED) is 0.850. The number of benzene rings is 1. The van der Waals surface area contributed by atoms with Crippen LogP contribution < -0.4 is 5.56 Å². The molecule has 1 N–H and O–H groups in total. The highest BCUT2D eigenvalue weighted by molar-refractivity contribution is 5.89. The zero-order valence-electron chi connectivity index (χ0n) is 12.7. The van der Waals surface area contributed by atoms with Gasteiger partial charge in [0.05, 0.1) is 11.1 Å². The number of para-hydroxylation sites is 1. The van der Waals surface area contributed by atoms with Crippen molar-refractivity contribution in [3.63, 3.8) is 0 Å². The topological polar surface area (TPSA) is 42.2 Å². The number of aryl methyl sites for hydroxylation is 2. The van der Waals surface area contributed by atoms with Crippen molar-refractivity contribution in [2.75, 3.05) is 0 Å². The number of nitrogens with zero attached hydrogens (tertiary/aromatic N) is 1. The molecule has 1 aliphatic heterocycles. The van der Waals surface area contributed by atoms with Crippen molar-refractivity contribution in [3.8, 4) is 5.75 Å². The molecule has 0 bridgehead atoms. The second kappa shape index (κ2) is 5.92. The second-order valence-electron chi connectivity index (χ2n) is 6.01. The lowest BCUT2D eigenvalue weighted by molar-refractivity contribution is 0.466. The van der Waals surface area contributed by atoms with Crippen LogP contribution in [-0.4, -0.2) is 9.67 Å². The summed E-state index contributed by atoms with van der Waals surface area (Å²) in [6.45, 7) is 2.95. The van der Waals surface area contributed by atoms with Crippen molar-refractivity contribution in [2.45, 2.75) is 58.4 Å². The third kappa shape index (κ3) is 2.45. The lowest BCUT2D eigenvalue weighted by Gasteiger charge is -2.21. The Morgan fingerprint density at radius 3 is 2.90 bits per heavy atom. The summed E-state index contributed by atoms with van der Waals surface area (Å²) in [5, 5.41) is 11.4. The zero-order valence-corrected chi connectivity index (χ0v) is 12.7. The standard InChI is InChI=1S/C18H23NO2/c1-2-3-4-5-10-15-17(20)14-11-6-8-13-9-7-12-19(16(13)14)18(15)21/h6,8,11,20H,2-5,7,9-10,12H2,1H3. The maximum atomic E-state index is 12.7. The van der Waals surface area contributed by atoms with Gasteiger partial charge in [-0.3, -0.25) is 4.79 Å². The van der Waals surface area contributed by atoms with Crippen LogP contribution in [0.25, 0.3) is 10.9 Å². The Morgan fingerprint density at radius 2 is 2.10 bits per heavy atom. The Kier molecular flexibility index (Phi) is 4.00. The third-order valence-electron chi connectivity index (χ3n) is 4.54. The number of pyridine rings is 1. The maximum absolute atomic E-state index is 12.7. The molecule has 1 aliphatic rings. The van der Waals surface area contributed by atoms with E-state index in [-0.39, 0.29) is 11.3 Å². The first-order chi connectivity index (χ1) is 10.2. The van der Waals surface area contributed by atoms with Crippen LogP contribution >= 0.6 is 0 Å². The molecule has 0 aliphatic carbocycles. The Balaban J connectivity index is 2.08. The summed E-state index contributed by atoms with van der Waals surface area (Å²) in [5.74, 6) is 0.214. The lowest BCUT2D eigenvalue weighted by atomic mass is 9.97. The molecule has 0 spiro atoms. The number of hydrogen-bond donors (Lipinski definition) is 1. The van der Waals surface area contributed by atoms with Crippen LogP contribution in [0.5, 0.6) is 5.75 Å². The van der Waals surface area contributed by atoms with E-state index < -0.39 is 0 Å². The monoisotopic (exact) mass is 285 g/mol. The number of aromatic hydroxyl groups is 1. The lowest BCUT2D eigenvalue weighted by Crippen LogP contribution is -2.27. The van der Waals surface area contributed by atoms with Crippen LogP contribution in [0.4, 0.5) is 0 Å². The molecule has 112 valence electrons. The molecule has 0 saturated heterocycles. The normalized spacial score (nSPS) is 13.8. The fourth-order valence-electron chi connectivity index (χ4n) is 3.43. The third-order valence-corrected chi connectivity index (χ3v) is 4.54. The van der Waals surface area contributed by atoms with Crippen LogP contribution in [0.3, 0.4) is 0 Å². The Bertz CT molecular complexity index is 715. The predicted molar refractivity (Wildman–Crippen MR) is 86.0 cm³/mol. The molecular formula is C18H23NO2. The second-order valence-corrected chi connectivity index (χ2v) is 6.01. The molecule has 1 aromatic heterocycles. The summed E-state index contributed by atoms with van der Waals surface area (Å²) in [6.07, 6.45) is 7.14. The molecule has 0 saturated carbocycles. The summed E-state index contributed by atoms with van der Waals surface area (Å²) in [6, 6.07) is 5.99. The summed E-state index contributed by atoms with van der Waals surface area (Å²) in [5.41, 5.74) is 2.76. The van der Waals surface area contributed by atoms with Crippen molar-refractivity contribution in [3.05, 3.63) is 39.7 Å². The fraction of sp³-hybridized carbons (Fsp3) is 0.500. The minimum atomic E-state index is 0.0173. The highest BCUT2D eigenvalue weighted by Crippen LogP contribution is 2.32. The molecule has 0 radical (unpaired) electrons. The van der Waals surface area contributed by atoms with Crippen LogP contribution in [0.2, 0.25) is 0 Å². The van der Waals surface area contributed by atoms with Gasteiger partial charge in [0.2, 0.25) is 0 Å². The first-order valence-electron chi connectivity index (χ1n) is 8.10. The molecule has 0 amide bonds. The van der Waals surface area contributed by atoms with Gasteiger partial charge in [-0.25, -0.2) is 0 Å². The van der Waals surface area contributed by atoms with Crippen LogP contribution in [0, 0.1) is 0 Å². The highest BCUT2D eigenvalue weighted by Gasteiger charge is 2.20. The van der Waals surface area contributed by atoms with E-state index in [0.717, 1.165) is 43.1 Å². The largest absolute Gasteiger partial charge is 0.507 e.